The molecule has 0 saturated heterocycles. The maximum atomic E-state index is 12.7. The van der Waals surface area contributed by atoms with E-state index in [1.165, 1.54) is 0 Å². The van der Waals surface area contributed by atoms with Crippen molar-refractivity contribution >= 4 is 17.2 Å². The van der Waals surface area contributed by atoms with Crippen LogP contribution in [0.5, 0.6) is 0 Å². The molecule has 20 heavy (non-hydrogen) atoms. The topological polar surface area (TPSA) is 42.2 Å². The molecule has 0 fully saturated rings. The molecule has 2 aliphatic rings. The third kappa shape index (κ3) is 1.75. The summed E-state index contributed by atoms with van der Waals surface area (Å²) < 4.78 is 0.986. The molecule has 1 aliphatic carbocycles. The van der Waals surface area contributed by atoms with Gasteiger partial charge in [0.25, 0.3) is 0 Å². The third-order valence-electron chi connectivity index (χ3n) is 4.25. The van der Waals surface area contributed by atoms with E-state index in [-0.39, 0.29) is 0 Å². The maximum absolute atomic E-state index is 12.7. The van der Waals surface area contributed by atoms with Gasteiger partial charge in [0, 0.05) is 31.7 Å². The molecule has 104 valence electrons. The van der Waals surface area contributed by atoms with Gasteiger partial charge in [-0.2, -0.15) is 0 Å². The Balaban J connectivity index is 2.33. The van der Waals surface area contributed by atoms with Crippen LogP contribution in [0.25, 0.3) is 0 Å². The standard InChI is InChI=1S/C16H19N3O/c1-10-11(2)15-16(17-12(10)3)19(20)14-8-6-5-7-13(14)9-18(15)4/h6-8H,5,9H2,1-4H3. The Bertz CT molecular complexity index is 683. The Labute approximate surface area is 119 Å². The quantitative estimate of drug-likeness (QED) is 0.537. The number of anilines is 1. The average Bonchev–Trinajstić information content (AvgIpc) is 2.53. The van der Waals surface area contributed by atoms with Gasteiger partial charge in [-0.3, -0.25) is 0 Å². The van der Waals surface area contributed by atoms with Crippen LogP contribution in [0, 0.1) is 26.0 Å². The predicted molar refractivity (Wildman–Crippen MR) is 81.9 cm³/mol. The first-order chi connectivity index (χ1) is 9.50. The van der Waals surface area contributed by atoms with Crippen molar-refractivity contribution < 1.29 is 4.74 Å². The van der Waals surface area contributed by atoms with Gasteiger partial charge in [-0.05, 0) is 36.9 Å². The zero-order chi connectivity index (χ0) is 14.4. The molecule has 1 aliphatic heterocycles. The van der Waals surface area contributed by atoms with Crippen LogP contribution in [-0.2, 0) is 0 Å². The van der Waals surface area contributed by atoms with Crippen molar-refractivity contribution in [1.29, 1.82) is 0 Å². The first kappa shape index (κ1) is 12.9. The van der Waals surface area contributed by atoms with Gasteiger partial charge in [-0.1, -0.05) is 12.2 Å². The number of likely N-dealkylation sites (N-methyl/N-ethyl adjacent to an activating group) is 1. The highest BCUT2D eigenvalue weighted by Gasteiger charge is 2.29. The van der Waals surface area contributed by atoms with E-state index in [1.54, 1.807) is 0 Å². The highest BCUT2D eigenvalue weighted by Crippen LogP contribution is 2.35. The largest absolute Gasteiger partial charge is 0.710 e. The fourth-order valence-corrected chi connectivity index (χ4v) is 2.90. The minimum atomic E-state index is 0.512. The van der Waals surface area contributed by atoms with Gasteiger partial charge in [0.1, 0.15) is 11.4 Å². The summed E-state index contributed by atoms with van der Waals surface area (Å²) >= 11 is 0. The minimum absolute atomic E-state index is 0.512. The number of aryl methyl sites for hydroxylation is 1. The molecule has 0 unspecified atom stereocenters. The van der Waals surface area contributed by atoms with Crippen LogP contribution in [0.15, 0.2) is 23.8 Å². The molecule has 0 amide bonds. The molecule has 1 aromatic heterocycles. The summed E-state index contributed by atoms with van der Waals surface area (Å²) in [5, 5.41) is 12.7. The van der Waals surface area contributed by atoms with Crippen molar-refractivity contribution in [2.45, 2.75) is 27.2 Å². The second-order valence-electron chi connectivity index (χ2n) is 5.52. The van der Waals surface area contributed by atoms with Gasteiger partial charge in [0.2, 0.25) is 0 Å². The van der Waals surface area contributed by atoms with Gasteiger partial charge in [0.05, 0.1) is 0 Å². The van der Waals surface area contributed by atoms with Crippen LogP contribution in [-0.4, -0.2) is 29.0 Å². The number of hydrogen-bond acceptors (Lipinski definition) is 3. The van der Waals surface area contributed by atoms with E-state index in [0.29, 0.717) is 5.82 Å². The zero-order valence-electron chi connectivity index (χ0n) is 12.4. The van der Waals surface area contributed by atoms with Crippen molar-refractivity contribution in [1.82, 2.24) is 4.98 Å². The zero-order valence-corrected chi connectivity index (χ0v) is 12.4. The van der Waals surface area contributed by atoms with Gasteiger partial charge in [-0.15, -0.1) is 0 Å². The third-order valence-corrected chi connectivity index (χ3v) is 4.25. The maximum Gasteiger partial charge on any atom is 0.350 e. The number of hydrogen-bond donors (Lipinski definition) is 0. The van der Waals surface area contributed by atoms with Gasteiger partial charge in [-0.25, -0.2) is 4.74 Å². The van der Waals surface area contributed by atoms with Crippen molar-refractivity contribution in [3.63, 3.8) is 0 Å². The number of aromatic nitrogens is 1. The number of fused-ring (bicyclic) bond motifs is 2. The van der Waals surface area contributed by atoms with Crippen LogP contribution in [0.1, 0.15) is 23.2 Å². The fourth-order valence-electron chi connectivity index (χ4n) is 2.90. The molecule has 4 nitrogen and oxygen atoms in total. The molecule has 4 heteroatoms. The summed E-state index contributed by atoms with van der Waals surface area (Å²) in [6.45, 7) is 6.83. The molecule has 0 N–H and O–H groups in total. The molecule has 0 bridgehead atoms. The van der Waals surface area contributed by atoms with Crippen LogP contribution in [0.2, 0.25) is 0 Å². The number of allylic oxidation sites excluding steroid dienone is 3. The predicted octanol–water partition coefficient (Wildman–Crippen LogP) is 2.93. The van der Waals surface area contributed by atoms with Crippen LogP contribution in [0.4, 0.5) is 11.5 Å². The molecular weight excluding hydrogens is 250 g/mol. The number of nitrogens with zero attached hydrogens (tertiary/aromatic N) is 3. The van der Waals surface area contributed by atoms with Crippen molar-refractivity contribution in [2.24, 2.45) is 0 Å². The van der Waals surface area contributed by atoms with Gasteiger partial charge >= 0.3 is 5.82 Å². The lowest BCUT2D eigenvalue weighted by molar-refractivity contribution is -0.363. The number of pyridine rings is 1. The highest BCUT2D eigenvalue weighted by atomic mass is 16.5. The smallest absolute Gasteiger partial charge is 0.350 e. The summed E-state index contributed by atoms with van der Waals surface area (Å²) in [6, 6.07) is 0. The van der Waals surface area contributed by atoms with Crippen LogP contribution in [0.3, 0.4) is 0 Å². The lowest BCUT2D eigenvalue weighted by Gasteiger charge is -2.20. The molecule has 0 saturated carbocycles. The Morgan fingerprint density at radius 3 is 2.75 bits per heavy atom. The summed E-state index contributed by atoms with van der Waals surface area (Å²) in [5.41, 5.74) is 5.96. The fraction of sp³-hybridized carbons (Fsp3) is 0.375. The lowest BCUT2D eigenvalue weighted by Crippen LogP contribution is -2.23. The van der Waals surface area contributed by atoms with Gasteiger partial charge in [0.15, 0.2) is 5.69 Å². The first-order valence-electron chi connectivity index (χ1n) is 6.89. The molecule has 2 heterocycles. The molecule has 0 spiro atoms. The van der Waals surface area contributed by atoms with E-state index in [9.17, 15) is 5.21 Å². The highest BCUT2D eigenvalue weighted by molar-refractivity contribution is 6.07. The summed E-state index contributed by atoms with van der Waals surface area (Å²) in [5.74, 6) is 0.512. The van der Waals surface area contributed by atoms with E-state index >= 15 is 0 Å². The number of rotatable bonds is 0. The van der Waals surface area contributed by atoms with E-state index < -0.39 is 0 Å². The molecular formula is C16H19N3O. The normalized spacial score (nSPS) is 17.6. The van der Waals surface area contributed by atoms with Crippen molar-refractivity contribution in [2.75, 3.05) is 18.5 Å². The van der Waals surface area contributed by atoms with E-state index in [2.05, 4.69) is 29.8 Å². The monoisotopic (exact) mass is 269 g/mol. The average molecular weight is 269 g/mol. The van der Waals surface area contributed by atoms with Crippen LogP contribution >= 0.6 is 0 Å². The Morgan fingerprint density at radius 2 is 2.00 bits per heavy atom. The lowest BCUT2D eigenvalue weighted by atomic mass is 10.0. The SMILES string of the molecule is Cc1nc2c(c(C)c1C)N(C)CC1=CCC=CC1=[N+]2[O-]. The van der Waals surface area contributed by atoms with Gasteiger partial charge < -0.3 is 10.1 Å². The Hall–Kier alpha value is -2.10. The summed E-state index contributed by atoms with van der Waals surface area (Å²) in [4.78, 5) is 6.68. The van der Waals surface area contributed by atoms with Crippen molar-refractivity contribution in [3.8, 4) is 0 Å². The molecule has 0 aromatic carbocycles. The molecule has 0 radical (unpaired) electrons. The second kappa shape index (κ2) is 4.47. The molecule has 1 aromatic rings. The van der Waals surface area contributed by atoms with E-state index in [0.717, 1.165) is 51.5 Å². The summed E-state index contributed by atoms with van der Waals surface area (Å²) in [7, 11) is 2.03. The molecule has 3 rings (SSSR count). The Morgan fingerprint density at radius 1 is 1.25 bits per heavy atom. The van der Waals surface area contributed by atoms with E-state index in [4.69, 9.17) is 0 Å². The molecule has 0 atom stereocenters. The second-order valence-corrected chi connectivity index (χ2v) is 5.52. The minimum Gasteiger partial charge on any atom is -0.710 e. The van der Waals surface area contributed by atoms with Crippen LogP contribution < -0.4 is 4.90 Å². The summed E-state index contributed by atoms with van der Waals surface area (Å²) in [6.07, 6.45) is 6.94. The van der Waals surface area contributed by atoms with Crippen molar-refractivity contribution in [3.05, 3.63) is 45.8 Å². The first-order valence-corrected chi connectivity index (χ1v) is 6.89. The Kier molecular flexibility index (Phi) is 2.89. The van der Waals surface area contributed by atoms with E-state index in [1.807, 2.05) is 26.1 Å².